The summed E-state index contributed by atoms with van der Waals surface area (Å²) in [4.78, 5) is 16.6. The minimum Gasteiger partial charge on any atom is -0.340 e. The fraction of sp³-hybridized carbons (Fsp3) is 0.524. The molecule has 1 aliphatic heterocycles. The lowest BCUT2D eigenvalue weighted by Gasteiger charge is -2.34. The number of aromatic nitrogens is 2. The van der Waals surface area contributed by atoms with Crippen molar-refractivity contribution in [2.24, 2.45) is 0 Å². The monoisotopic (exact) mass is 502 g/mol. The Balaban J connectivity index is 1.31. The first-order valence-corrected chi connectivity index (χ1v) is 11.1. The van der Waals surface area contributed by atoms with E-state index in [1.54, 1.807) is 17.0 Å². The number of benzene rings is 1. The van der Waals surface area contributed by atoms with Crippen LogP contribution in [0.3, 0.4) is 0 Å². The Morgan fingerprint density at radius 3 is 2.32 bits per heavy atom. The van der Waals surface area contributed by atoms with Crippen LogP contribution in [-0.2, 0) is 24.1 Å². The summed E-state index contributed by atoms with van der Waals surface area (Å²) in [5.74, 6) is -0.276. The van der Waals surface area contributed by atoms with Crippen LogP contribution in [0, 0.1) is 5.82 Å². The van der Waals surface area contributed by atoms with Crippen LogP contribution >= 0.6 is 15.9 Å². The molecule has 2 aliphatic rings. The molecular weight excluding hydrogens is 480 g/mol. The van der Waals surface area contributed by atoms with E-state index in [4.69, 9.17) is 0 Å². The number of piperazine rings is 1. The highest BCUT2D eigenvalue weighted by Crippen LogP contribution is 2.47. The summed E-state index contributed by atoms with van der Waals surface area (Å²) in [7, 11) is 0. The minimum atomic E-state index is -4.53. The SMILES string of the molecule is O=C(CCn1nc(C(F)(F)F)c(Br)c1C1CC1)N1CCN(Cc2ccc(F)cc2)CC1. The van der Waals surface area contributed by atoms with E-state index >= 15 is 0 Å². The van der Waals surface area contributed by atoms with Crippen molar-refractivity contribution >= 4 is 21.8 Å². The van der Waals surface area contributed by atoms with Crippen LogP contribution in [0.15, 0.2) is 28.7 Å². The van der Waals surface area contributed by atoms with Gasteiger partial charge in [-0.05, 0) is 46.5 Å². The van der Waals surface area contributed by atoms with Crippen LogP contribution in [-0.4, -0.2) is 51.7 Å². The van der Waals surface area contributed by atoms with Gasteiger partial charge in [0.25, 0.3) is 0 Å². The van der Waals surface area contributed by atoms with Crippen molar-refractivity contribution in [3.05, 3.63) is 51.5 Å². The fourth-order valence-electron chi connectivity index (χ4n) is 3.91. The van der Waals surface area contributed by atoms with E-state index in [9.17, 15) is 22.4 Å². The van der Waals surface area contributed by atoms with Gasteiger partial charge >= 0.3 is 6.18 Å². The number of alkyl halides is 3. The van der Waals surface area contributed by atoms with E-state index < -0.39 is 11.9 Å². The van der Waals surface area contributed by atoms with E-state index in [-0.39, 0.29) is 35.1 Å². The zero-order valence-corrected chi connectivity index (χ0v) is 18.4. The van der Waals surface area contributed by atoms with Crippen molar-refractivity contribution in [2.75, 3.05) is 26.2 Å². The summed E-state index contributed by atoms with van der Waals surface area (Å²) in [5, 5.41) is 3.76. The molecule has 0 atom stereocenters. The van der Waals surface area contributed by atoms with Crippen molar-refractivity contribution in [1.29, 1.82) is 0 Å². The standard InChI is InChI=1S/C21H23BrF4N4O/c22-18-19(15-3-4-15)30(27-20(18)21(24,25)26)8-7-17(31)29-11-9-28(10-12-29)13-14-1-5-16(23)6-2-14/h1-2,5-6,15H,3-4,7-13H2. The van der Waals surface area contributed by atoms with Gasteiger partial charge in [-0.3, -0.25) is 14.4 Å². The molecule has 1 saturated carbocycles. The summed E-state index contributed by atoms with van der Waals surface area (Å²) in [6.45, 7) is 3.34. The summed E-state index contributed by atoms with van der Waals surface area (Å²) >= 11 is 3.07. The highest BCUT2D eigenvalue weighted by atomic mass is 79.9. The predicted molar refractivity (Wildman–Crippen MR) is 110 cm³/mol. The number of nitrogens with zero attached hydrogens (tertiary/aromatic N) is 4. The maximum atomic E-state index is 13.2. The molecule has 4 rings (SSSR count). The van der Waals surface area contributed by atoms with Gasteiger partial charge in [-0.1, -0.05) is 12.1 Å². The van der Waals surface area contributed by atoms with Gasteiger partial charge in [-0.15, -0.1) is 0 Å². The Hall–Kier alpha value is -1.94. The van der Waals surface area contributed by atoms with Crippen molar-refractivity contribution in [1.82, 2.24) is 19.6 Å². The van der Waals surface area contributed by atoms with Gasteiger partial charge in [0.15, 0.2) is 5.69 Å². The molecule has 1 amide bonds. The van der Waals surface area contributed by atoms with Crippen LogP contribution in [0.25, 0.3) is 0 Å². The zero-order chi connectivity index (χ0) is 22.2. The summed E-state index contributed by atoms with van der Waals surface area (Å²) in [5.41, 5.74) is 0.638. The summed E-state index contributed by atoms with van der Waals surface area (Å²) in [6, 6.07) is 6.37. The number of carbonyl (C=O) groups excluding carboxylic acids is 1. The first kappa shape index (κ1) is 22.3. The van der Waals surface area contributed by atoms with E-state index in [1.165, 1.54) is 16.8 Å². The maximum Gasteiger partial charge on any atom is 0.436 e. The van der Waals surface area contributed by atoms with Crippen molar-refractivity contribution in [2.45, 2.75) is 44.4 Å². The van der Waals surface area contributed by atoms with E-state index in [1.807, 2.05) is 0 Å². The number of hydrogen-bond acceptors (Lipinski definition) is 3. The topological polar surface area (TPSA) is 41.4 Å². The van der Waals surface area contributed by atoms with Gasteiger partial charge in [-0.2, -0.15) is 18.3 Å². The molecule has 1 aromatic carbocycles. The van der Waals surface area contributed by atoms with E-state index in [2.05, 4.69) is 25.9 Å². The Morgan fingerprint density at radius 2 is 1.74 bits per heavy atom. The Bertz CT molecular complexity index is 932. The Morgan fingerprint density at radius 1 is 1.10 bits per heavy atom. The second kappa shape index (κ2) is 8.90. The van der Waals surface area contributed by atoms with Crippen molar-refractivity contribution in [3.8, 4) is 0 Å². The first-order chi connectivity index (χ1) is 14.7. The molecule has 2 heterocycles. The molecule has 0 N–H and O–H groups in total. The largest absolute Gasteiger partial charge is 0.436 e. The molecule has 1 aromatic heterocycles. The number of rotatable bonds is 6. The van der Waals surface area contributed by atoms with Gasteiger partial charge in [0.2, 0.25) is 5.91 Å². The van der Waals surface area contributed by atoms with Crippen LogP contribution < -0.4 is 0 Å². The smallest absolute Gasteiger partial charge is 0.340 e. The molecule has 0 spiro atoms. The lowest BCUT2D eigenvalue weighted by atomic mass is 10.2. The Kier molecular flexibility index (Phi) is 6.39. The molecule has 2 aromatic rings. The van der Waals surface area contributed by atoms with Gasteiger partial charge in [0.1, 0.15) is 5.82 Å². The van der Waals surface area contributed by atoms with Crippen molar-refractivity contribution < 1.29 is 22.4 Å². The highest BCUT2D eigenvalue weighted by molar-refractivity contribution is 9.10. The molecule has 0 unspecified atom stereocenters. The van der Waals surface area contributed by atoms with E-state index in [0.717, 1.165) is 18.4 Å². The van der Waals surface area contributed by atoms with Gasteiger partial charge < -0.3 is 4.90 Å². The lowest BCUT2D eigenvalue weighted by molar-refractivity contribution is -0.142. The fourth-order valence-corrected chi connectivity index (χ4v) is 4.75. The number of hydrogen-bond donors (Lipinski definition) is 0. The molecule has 5 nitrogen and oxygen atoms in total. The first-order valence-electron chi connectivity index (χ1n) is 10.3. The maximum absolute atomic E-state index is 13.2. The summed E-state index contributed by atoms with van der Waals surface area (Å²) < 4.78 is 54.1. The molecule has 1 saturated heterocycles. The number of aryl methyl sites for hydroxylation is 1. The third-order valence-electron chi connectivity index (χ3n) is 5.75. The van der Waals surface area contributed by atoms with E-state index in [0.29, 0.717) is 38.4 Å². The highest BCUT2D eigenvalue weighted by Gasteiger charge is 2.41. The third kappa shape index (κ3) is 5.28. The second-order valence-corrected chi connectivity index (χ2v) is 8.87. The van der Waals surface area contributed by atoms with Crippen LogP contribution in [0.2, 0.25) is 0 Å². The molecule has 2 fully saturated rings. The number of halogens is 5. The van der Waals surface area contributed by atoms with Gasteiger partial charge in [0.05, 0.1) is 16.7 Å². The van der Waals surface area contributed by atoms with Crippen LogP contribution in [0.5, 0.6) is 0 Å². The normalized spacial score (nSPS) is 17.9. The average molecular weight is 503 g/mol. The van der Waals surface area contributed by atoms with Gasteiger partial charge in [-0.25, -0.2) is 4.39 Å². The molecular formula is C21H23BrF4N4O. The zero-order valence-electron chi connectivity index (χ0n) is 16.8. The third-order valence-corrected chi connectivity index (χ3v) is 6.53. The lowest BCUT2D eigenvalue weighted by Crippen LogP contribution is -2.48. The molecule has 10 heteroatoms. The molecule has 0 radical (unpaired) electrons. The molecule has 31 heavy (non-hydrogen) atoms. The second-order valence-electron chi connectivity index (χ2n) is 8.08. The minimum absolute atomic E-state index is 0.00403. The average Bonchev–Trinajstić information content (AvgIpc) is 3.50. The molecule has 168 valence electrons. The van der Waals surface area contributed by atoms with Crippen LogP contribution in [0.4, 0.5) is 17.6 Å². The quantitative estimate of drug-likeness (QED) is 0.549. The summed E-state index contributed by atoms with van der Waals surface area (Å²) in [6.07, 6.45) is -2.74. The molecule has 0 bridgehead atoms. The number of carbonyl (C=O) groups is 1. The van der Waals surface area contributed by atoms with Crippen molar-refractivity contribution in [3.63, 3.8) is 0 Å². The molecule has 1 aliphatic carbocycles. The van der Waals surface area contributed by atoms with Crippen LogP contribution in [0.1, 0.15) is 42.1 Å². The number of amides is 1. The van der Waals surface area contributed by atoms with Gasteiger partial charge in [0, 0.05) is 45.1 Å². The predicted octanol–water partition coefficient (Wildman–Crippen LogP) is 4.42. The Labute approximate surface area is 186 Å².